The van der Waals surface area contributed by atoms with Crippen LogP contribution in [0.25, 0.3) is 27.0 Å². The lowest BCUT2D eigenvalue weighted by Crippen LogP contribution is -2.34. The number of aromatic nitrogens is 3. The third kappa shape index (κ3) is 3.97. The summed E-state index contributed by atoms with van der Waals surface area (Å²) in [5.74, 6) is 1.58. The van der Waals surface area contributed by atoms with Crippen LogP contribution in [-0.4, -0.2) is 46.9 Å². The molecule has 1 aromatic carbocycles. The van der Waals surface area contributed by atoms with Gasteiger partial charge in [0.05, 0.1) is 24.4 Å². The molecule has 6 rings (SSSR count). The van der Waals surface area contributed by atoms with Gasteiger partial charge in [-0.05, 0) is 43.5 Å². The number of rotatable bonds is 4. The van der Waals surface area contributed by atoms with Gasteiger partial charge < -0.3 is 28.2 Å². The average Bonchev–Trinajstić information content (AvgIpc) is 3.56. The predicted octanol–water partition coefficient (Wildman–Crippen LogP) is 4.49. The van der Waals surface area contributed by atoms with E-state index in [9.17, 15) is 4.79 Å². The number of oxazole rings is 1. The minimum Gasteiger partial charge on any atom is -0.497 e. The molecule has 0 aliphatic carbocycles. The van der Waals surface area contributed by atoms with E-state index in [1.807, 2.05) is 25.1 Å². The molecule has 9 nitrogen and oxygen atoms in total. The molecule has 1 unspecified atom stereocenters. The summed E-state index contributed by atoms with van der Waals surface area (Å²) in [7, 11) is 1.72. The minimum atomic E-state index is -0.124. The van der Waals surface area contributed by atoms with E-state index in [0.29, 0.717) is 30.0 Å². The first kappa shape index (κ1) is 22.6. The number of fused-ring (bicyclic) bond motifs is 2. The van der Waals surface area contributed by atoms with Crippen LogP contribution < -0.4 is 15.2 Å². The molecule has 0 radical (unpaired) electrons. The number of anilines is 1. The topological polar surface area (TPSA) is 87.0 Å². The molecule has 36 heavy (non-hydrogen) atoms. The quantitative estimate of drug-likeness (QED) is 0.394. The lowest BCUT2D eigenvalue weighted by molar-refractivity contribution is 0.142. The van der Waals surface area contributed by atoms with Crippen LogP contribution in [0, 0.1) is 13.5 Å². The summed E-state index contributed by atoms with van der Waals surface area (Å²) in [5, 5.41) is 0. The van der Waals surface area contributed by atoms with Gasteiger partial charge in [0, 0.05) is 38.5 Å². The van der Waals surface area contributed by atoms with Gasteiger partial charge in [0.2, 0.25) is 5.52 Å². The molecule has 5 heterocycles. The van der Waals surface area contributed by atoms with Crippen molar-refractivity contribution in [3.05, 3.63) is 63.6 Å². The summed E-state index contributed by atoms with van der Waals surface area (Å²) >= 11 is 0. The number of piperidine rings is 1. The Balaban J connectivity index is 1.30. The second kappa shape index (κ2) is 8.95. The third-order valence-corrected chi connectivity index (χ3v) is 7.18. The monoisotopic (exact) mass is 485 g/mol. The molecule has 2 aliphatic rings. The molecule has 0 amide bonds. The van der Waals surface area contributed by atoms with Crippen LogP contribution in [0.15, 0.2) is 39.5 Å². The largest absolute Gasteiger partial charge is 0.497 e. The Hall–Kier alpha value is -3.90. The van der Waals surface area contributed by atoms with Gasteiger partial charge in [-0.1, -0.05) is 12.6 Å². The Bertz CT molecular complexity index is 1550. The van der Waals surface area contributed by atoms with E-state index in [1.54, 1.807) is 23.7 Å². The summed E-state index contributed by atoms with van der Waals surface area (Å²) in [6, 6.07) is 9.44. The molecule has 1 atom stereocenters. The normalized spacial score (nSPS) is 18.7. The highest BCUT2D eigenvalue weighted by Crippen LogP contribution is 2.37. The van der Waals surface area contributed by atoms with Crippen LogP contribution in [0.3, 0.4) is 0 Å². The van der Waals surface area contributed by atoms with Gasteiger partial charge in [-0.15, -0.1) is 4.98 Å². The van der Waals surface area contributed by atoms with Gasteiger partial charge in [-0.3, -0.25) is 4.79 Å². The molecule has 2 saturated heterocycles. The van der Waals surface area contributed by atoms with Gasteiger partial charge in [0.15, 0.2) is 11.5 Å². The van der Waals surface area contributed by atoms with Crippen molar-refractivity contribution in [2.24, 2.45) is 7.05 Å². The van der Waals surface area contributed by atoms with Crippen LogP contribution in [0.5, 0.6) is 5.75 Å². The van der Waals surface area contributed by atoms with E-state index in [1.165, 1.54) is 0 Å². The van der Waals surface area contributed by atoms with Crippen molar-refractivity contribution in [1.29, 1.82) is 0 Å². The van der Waals surface area contributed by atoms with Crippen LogP contribution in [0.1, 0.15) is 36.6 Å². The number of pyridine rings is 2. The van der Waals surface area contributed by atoms with Gasteiger partial charge >= 0.3 is 5.82 Å². The van der Waals surface area contributed by atoms with E-state index in [0.717, 1.165) is 60.6 Å². The first-order valence-electron chi connectivity index (χ1n) is 12.3. The van der Waals surface area contributed by atoms with Crippen molar-refractivity contribution in [1.82, 2.24) is 14.5 Å². The molecule has 184 valence electrons. The van der Waals surface area contributed by atoms with Crippen molar-refractivity contribution in [3.8, 4) is 5.75 Å². The summed E-state index contributed by atoms with van der Waals surface area (Å²) in [4.78, 5) is 28.1. The van der Waals surface area contributed by atoms with E-state index in [2.05, 4.69) is 14.7 Å². The zero-order valence-corrected chi connectivity index (χ0v) is 20.4. The van der Waals surface area contributed by atoms with E-state index in [-0.39, 0.29) is 23.4 Å². The third-order valence-electron chi connectivity index (χ3n) is 7.18. The second-order valence-electron chi connectivity index (χ2n) is 9.60. The number of aryl methyl sites for hydroxylation is 2. The molecule has 0 spiro atoms. The van der Waals surface area contributed by atoms with Crippen LogP contribution >= 0.6 is 0 Å². The molecule has 0 bridgehead atoms. The molecule has 9 heteroatoms. The molecule has 2 fully saturated rings. The average molecular weight is 486 g/mol. The Kier molecular flexibility index (Phi) is 5.61. The van der Waals surface area contributed by atoms with Crippen LogP contribution in [0.2, 0.25) is 0 Å². The molecular formula is C27H27N5O4. The van der Waals surface area contributed by atoms with Crippen molar-refractivity contribution in [2.75, 3.05) is 31.2 Å². The summed E-state index contributed by atoms with van der Waals surface area (Å²) in [6.07, 6.45) is 2.35. The lowest BCUT2D eigenvalue weighted by atomic mass is 9.96. The summed E-state index contributed by atoms with van der Waals surface area (Å²) in [5.41, 5.74) is 4.77. The molecule has 2 aliphatic heterocycles. The number of benzene rings is 1. The predicted molar refractivity (Wildman–Crippen MR) is 136 cm³/mol. The van der Waals surface area contributed by atoms with Gasteiger partial charge in [-0.2, -0.15) is 0 Å². The van der Waals surface area contributed by atoms with E-state index in [4.69, 9.17) is 25.4 Å². The fraction of sp³-hybridized carbons (Fsp3) is 0.407. The zero-order chi connectivity index (χ0) is 24.8. The number of nitrogens with zero attached hydrogens (tertiary/aromatic N) is 5. The first-order valence-corrected chi connectivity index (χ1v) is 12.3. The van der Waals surface area contributed by atoms with E-state index >= 15 is 0 Å². The summed E-state index contributed by atoms with van der Waals surface area (Å²) in [6.45, 7) is 12.3. The van der Waals surface area contributed by atoms with Crippen LogP contribution in [-0.2, 0) is 11.8 Å². The van der Waals surface area contributed by atoms with Gasteiger partial charge in [-0.25, -0.2) is 4.98 Å². The maximum atomic E-state index is 12.9. The van der Waals surface area contributed by atoms with Crippen molar-refractivity contribution in [2.45, 2.75) is 38.2 Å². The fourth-order valence-electron chi connectivity index (χ4n) is 5.11. The molecule has 3 aromatic heterocycles. The maximum absolute atomic E-state index is 12.9. The first-order chi connectivity index (χ1) is 17.5. The standard InChI is InChI=1S/C27H27N5O4/c1-16-4-5-22-19(12-16)29-27(36-22)17-6-9-32(10-7-17)21-14-24(33)31(3)20-13-23(26(28-2)30-25(20)21)35-18-8-11-34-15-18/h4-5,12-14,17-18H,6-11,15H2,1,3H3. The zero-order valence-electron chi connectivity index (χ0n) is 20.4. The summed E-state index contributed by atoms with van der Waals surface area (Å²) < 4.78 is 19.0. The smallest absolute Gasteiger partial charge is 0.312 e. The van der Waals surface area contributed by atoms with Crippen molar-refractivity contribution in [3.63, 3.8) is 0 Å². The molecule has 4 aromatic rings. The Morgan fingerprint density at radius 2 is 1.97 bits per heavy atom. The van der Waals surface area contributed by atoms with Crippen molar-refractivity contribution >= 4 is 33.6 Å². The molecule has 0 saturated carbocycles. The van der Waals surface area contributed by atoms with Crippen LogP contribution in [0.4, 0.5) is 11.5 Å². The Morgan fingerprint density at radius 3 is 2.72 bits per heavy atom. The van der Waals surface area contributed by atoms with E-state index < -0.39 is 0 Å². The van der Waals surface area contributed by atoms with Gasteiger partial charge in [0.1, 0.15) is 17.4 Å². The second-order valence-corrected chi connectivity index (χ2v) is 9.60. The minimum absolute atomic E-state index is 0.111. The lowest BCUT2D eigenvalue weighted by Gasteiger charge is -2.32. The highest BCUT2D eigenvalue weighted by Gasteiger charge is 2.28. The highest BCUT2D eigenvalue weighted by molar-refractivity contribution is 5.91. The fourth-order valence-corrected chi connectivity index (χ4v) is 5.11. The molecule has 0 N–H and O–H groups in total. The SMILES string of the molecule is [C-]#[N+]c1nc2c(N3CCC(c4nc5cc(C)ccc5o4)CC3)cc(=O)n(C)c2cc1OC1CCOC1. The molecular weight excluding hydrogens is 458 g/mol. The Morgan fingerprint density at radius 1 is 1.14 bits per heavy atom. The number of hydrogen-bond acceptors (Lipinski definition) is 7. The Labute approximate surface area is 208 Å². The highest BCUT2D eigenvalue weighted by atomic mass is 16.5. The van der Waals surface area contributed by atoms with Crippen molar-refractivity contribution < 1.29 is 13.9 Å². The number of ether oxygens (including phenoxy) is 2. The number of hydrogen-bond donors (Lipinski definition) is 0. The maximum Gasteiger partial charge on any atom is 0.312 e. The van der Waals surface area contributed by atoms with Gasteiger partial charge in [0.25, 0.3) is 5.56 Å².